The molecule has 1 aliphatic rings. The van der Waals surface area contributed by atoms with Crippen molar-refractivity contribution in [3.63, 3.8) is 0 Å². The van der Waals surface area contributed by atoms with Crippen LogP contribution < -0.4 is 15.4 Å². The number of para-hydroxylation sites is 2. The van der Waals surface area contributed by atoms with E-state index in [1.165, 1.54) is 12.8 Å². The number of hydrogen-bond donors (Lipinski definition) is 2. The fourth-order valence-corrected chi connectivity index (χ4v) is 3.29. The van der Waals surface area contributed by atoms with Crippen molar-refractivity contribution in [3.05, 3.63) is 42.2 Å². The largest absolute Gasteiger partial charge is 0.494 e. The predicted molar refractivity (Wildman–Crippen MR) is 102 cm³/mol. The minimum absolute atomic E-state index is 0.0407. The highest BCUT2D eigenvalue weighted by molar-refractivity contribution is 5.83. The third kappa shape index (κ3) is 5.32. The Labute approximate surface area is 159 Å². The van der Waals surface area contributed by atoms with Crippen LogP contribution in [-0.4, -0.2) is 34.7 Å². The molecule has 1 saturated carbocycles. The molecule has 0 atom stereocenters. The molecular weight excluding hydrogens is 344 g/mol. The van der Waals surface area contributed by atoms with Crippen LogP contribution in [0.1, 0.15) is 44.1 Å². The van der Waals surface area contributed by atoms with E-state index < -0.39 is 0 Å². The van der Waals surface area contributed by atoms with Crippen LogP contribution in [0.3, 0.4) is 0 Å². The van der Waals surface area contributed by atoms with Gasteiger partial charge in [-0.1, -0.05) is 25.0 Å². The number of benzene rings is 1. The van der Waals surface area contributed by atoms with E-state index in [0.717, 1.165) is 29.8 Å². The molecule has 1 fully saturated rings. The summed E-state index contributed by atoms with van der Waals surface area (Å²) in [4.78, 5) is 23.9. The number of ether oxygens (including phenoxy) is 1. The maximum Gasteiger partial charge on any atom is 0.220 e. The second-order valence-corrected chi connectivity index (χ2v) is 6.79. The summed E-state index contributed by atoms with van der Waals surface area (Å²) < 4.78 is 7.06. The van der Waals surface area contributed by atoms with Crippen molar-refractivity contribution in [2.24, 2.45) is 0 Å². The molecule has 3 rings (SSSR count). The minimum atomic E-state index is -0.137. The van der Waals surface area contributed by atoms with Gasteiger partial charge in [0, 0.05) is 37.2 Å². The van der Waals surface area contributed by atoms with Crippen LogP contribution in [0, 0.1) is 0 Å². The Hall–Kier alpha value is -2.83. The molecule has 0 radical (unpaired) electrons. The van der Waals surface area contributed by atoms with Gasteiger partial charge in [0.25, 0.3) is 0 Å². The van der Waals surface area contributed by atoms with E-state index in [-0.39, 0.29) is 24.7 Å². The zero-order chi connectivity index (χ0) is 19.1. The lowest BCUT2D eigenvalue weighted by Crippen LogP contribution is -2.33. The van der Waals surface area contributed by atoms with E-state index in [1.807, 2.05) is 30.5 Å². The van der Waals surface area contributed by atoms with E-state index in [2.05, 4.69) is 15.7 Å². The first-order valence-corrected chi connectivity index (χ1v) is 9.38. The number of nitrogens with one attached hydrogen (secondary N) is 2. The summed E-state index contributed by atoms with van der Waals surface area (Å²) >= 11 is 0. The molecule has 0 saturated heterocycles. The van der Waals surface area contributed by atoms with Gasteiger partial charge >= 0.3 is 0 Å². The molecule has 2 aromatic rings. The van der Waals surface area contributed by atoms with Gasteiger partial charge in [0.1, 0.15) is 11.4 Å². The van der Waals surface area contributed by atoms with Crippen LogP contribution >= 0.6 is 0 Å². The van der Waals surface area contributed by atoms with Gasteiger partial charge in [-0.3, -0.25) is 9.59 Å². The zero-order valence-corrected chi connectivity index (χ0v) is 15.6. The zero-order valence-electron chi connectivity index (χ0n) is 15.6. The highest BCUT2D eigenvalue weighted by Crippen LogP contribution is 2.21. The van der Waals surface area contributed by atoms with Crippen molar-refractivity contribution in [1.29, 1.82) is 0 Å². The maximum atomic E-state index is 12.0. The van der Waals surface area contributed by atoms with Crippen molar-refractivity contribution in [2.45, 2.75) is 51.1 Å². The van der Waals surface area contributed by atoms with Crippen molar-refractivity contribution in [2.75, 3.05) is 7.11 Å². The first-order valence-electron chi connectivity index (χ1n) is 9.38. The Balaban J connectivity index is 1.44. The normalized spacial score (nSPS) is 14.1. The molecule has 1 heterocycles. The van der Waals surface area contributed by atoms with Crippen molar-refractivity contribution >= 4 is 11.8 Å². The molecule has 2 N–H and O–H groups in total. The molecule has 7 nitrogen and oxygen atoms in total. The van der Waals surface area contributed by atoms with Crippen molar-refractivity contribution in [1.82, 2.24) is 20.4 Å². The standard InChI is InChI=1S/C20H26N4O3/c1-27-18-9-5-4-8-17(18)24-14-15(13-22-24)12-21-19(25)10-11-20(26)23-16-6-2-3-7-16/h4-5,8-9,13-14,16H,2-3,6-7,10-12H2,1H3,(H,21,25)(H,23,26). The monoisotopic (exact) mass is 370 g/mol. The molecule has 1 aromatic heterocycles. The van der Waals surface area contributed by atoms with Gasteiger partial charge in [-0.15, -0.1) is 0 Å². The van der Waals surface area contributed by atoms with Crippen molar-refractivity contribution < 1.29 is 14.3 Å². The van der Waals surface area contributed by atoms with Crippen LogP contribution in [0.2, 0.25) is 0 Å². The van der Waals surface area contributed by atoms with Gasteiger partial charge in [0.2, 0.25) is 11.8 Å². The van der Waals surface area contributed by atoms with Crippen molar-refractivity contribution in [3.8, 4) is 11.4 Å². The van der Waals surface area contributed by atoms with Crippen LogP contribution in [0.5, 0.6) is 5.75 Å². The molecule has 144 valence electrons. The van der Waals surface area contributed by atoms with Crippen LogP contribution in [-0.2, 0) is 16.1 Å². The second kappa shape index (κ2) is 9.21. The quantitative estimate of drug-likeness (QED) is 0.747. The summed E-state index contributed by atoms with van der Waals surface area (Å²) in [5, 5.41) is 10.2. The van der Waals surface area contributed by atoms with Crippen LogP contribution in [0.4, 0.5) is 0 Å². The Morgan fingerprint density at radius 2 is 1.93 bits per heavy atom. The first-order chi connectivity index (χ1) is 13.2. The van der Waals surface area contributed by atoms with E-state index in [1.54, 1.807) is 18.0 Å². The topological polar surface area (TPSA) is 85.2 Å². The Kier molecular flexibility index (Phi) is 6.46. The van der Waals surface area contributed by atoms with E-state index >= 15 is 0 Å². The summed E-state index contributed by atoms with van der Waals surface area (Å²) in [5.74, 6) is 0.548. The maximum absolute atomic E-state index is 12.0. The average Bonchev–Trinajstić information content (AvgIpc) is 3.36. The molecule has 0 unspecified atom stereocenters. The smallest absolute Gasteiger partial charge is 0.220 e. The molecule has 0 bridgehead atoms. The average molecular weight is 370 g/mol. The van der Waals surface area contributed by atoms with Gasteiger partial charge in [0.15, 0.2) is 0 Å². The summed E-state index contributed by atoms with van der Waals surface area (Å²) in [5.41, 5.74) is 1.71. The Bertz CT molecular complexity index is 781. The van der Waals surface area contributed by atoms with E-state index in [4.69, 9.17) is 4.74 Å². The number of carbonyl (C=O) groups excluding carboxylic acids is 2. The SMILES string of the molecule is COc1ccccc1-n1cc(CNC(=O)CCC(=O)NC2CCCC2)cn1. The number of rotatable bonds is 8. The second-order valence-electron chi connectivity index (χ2n) is 6.79. The van der Waals surface area contributed by atoms with Crippen LogP contribution in [0.25, 0.3) is 5.69 Å². The highest BCUT2D eigenvalue weighted by Gasteiger charge is 2.17. The predicted octanol–water partition coefficient (Wildman–Crippen LogP) is 2.34. The molecule has 0 spiro atoms. The summed E-state index contributed by atoms with van der Waals surface area (Å²) in [6.45, 7) is 0.373. The number of hydrogen-bond acceptors (Lipinski definition) is 4. The summed E-state index contributed by atoms with van der Waals surface area (Å²) in [6.07, 6.45) is 8.43. The van der Waals surface area contributed by atoms with Crippen LogP contribution in [0.15, 0.2) is 36.7 Å². The first kappa shape index (κ1) is 18.9. The number of methoxy groups -OCH3 is 1. The molecule has 2 amide bonds. The molecule has 27 heavy (non-hydrogen) atoms. The number of carbonyl (C=O) groups is 2. The molecule has 1 aromatic carbocycles. The fourth-order valence-electron chi connectivity index (χ4n) is 3.29. The molecular formula is C20H26N4O3. The molecule has 7 heteroatoms. The van der Waals surface area contributed by atoms with E-state index in [0.29, 0.717) is 12.6 Å². The fraction of sp³-hybridized carbons (Fsp3) is 0.450. The molecule has 0 aliphatic heterocycles. The third-order valence-corrected chi connectivity index (χ3v) is 4.76. The lowest BCUT2D eigenvalue weighted by molar-refractivity contribution is -0.126. The summed E-state index contributed by atoms with van der Waals surface area (Å²) in [6, 6.07) is 7.89. The lowest BCUT2D eigenvalue weighted by atomic mass is 10.2. The van der Waals surface area contributed by atoms with E-state index in [9.17, 15) is 9.59 Å². The summed E-state index contributed by atoms with van der Waals surface area (Å²) in [7, 11) is 1.62. The lowest BCUT2D eigenvalue weighted by Gasteiger charge is -2.11. The van der Waals surface area contributed by atoms with Gasteiger partial charge in [-0.05, 0) is 25.0 Å². The van der Waals surface area contributed by atoms with Gasteiger partial charge in [-0.2, -0.15) is 5.10 Å². The third-order valence-electron chi connectivity index (χ3n) is 4.76. The minimum Gasteiger partial charge on any atom is -0.494 e. The van der Waals surface area contributed by atoms with Gasteiger partial charge < -0.3 is 15.4 Å². The number of amides is 2. The van der Waals surface area contributed by atoms with Gasteiger partial charge in [-0.25, -0.2) is 4.68 Å². The van der Waals surface area contributed by atoms with Gasteiger partial charge in [0.05, 0.1) is 13.3 Å². The number of nitrogens with zero attached hydrogens (tertiary/aromatic N) is 2. The highest BCUT2D eigenvalue weighted by atomic mass is 16.5. The Morgan fingerprint density at radius 3 is 2.70 bits per heavy atom. The Morgan fingerprint density at radius 1 is 1.19 bits per heavy atom. The molecule has 1 aliphatic carbocycles. The number of aromatic nitrogens is 2.